The van der Waals surface area contributed by atoms with Gasteiger partial charge >= 0.3 is 0 Å². The lowest BCUT2D eigenvalue weighted by Crippen LogP contribution is -2.18. The van der Waals surface area contributed by atoms with Crippen molar-refractivity contribution < 1.29 is 4.79 Å². The van der Waals surface area contributed by atoms with E-state index >= 15 is 0 Å². The summed E-state index contributed by atoms with van der Waals surface area (Å²) in [5.74, 6) is -0.465. The molecule has 1 atom stereocenters. The van der Waals surface area contributed by atoms with Crippen molar-refractivity contribution in [1.29, 1.82) is 0 Å². The molecule has 2 nitrogen and oxygen atoms in total. The van der Waals surface area contributed by atoms with Crippen LogP contribution in [-0.4, -0.2) is 5.91 Å². The van der Waals surface area contributed by atoms with Crippen LogP contribution in [0.2, 0.25) is 0 Å². The molecule has 1 aromatic rings. The van der Waals surface area contributed by atoms with Gasteiger partial charge in [-0.05, 0) is 12.5 Å². The van der Waals surface area contributed by atoms with Crippen LogP contribution in [-0.2, 0) is 4.79 Å². The summed E-state index contributed by atoms with van der Waals surface area (Å²) in [6.07, 6.45) is 0. The van der Waals surface area contributed by atoms with Gasteiger partial charge in [-0.3, -0.25) is 4.79 Å². The molecule has 0 heterocycles. The predicted molar refractivity (Wildman–Crippen MR) is 44.1 cm³/mol. The monoisotopic (exact) mass is 150 g/mol. The first-order valence-corrected chi connectivity index (χ1v) is 3.56. The van der Waals surface area contributed by atoms with Gasteiger partial charge < -0.3 is 5.73 Å². The van der Waals surface area contributed by atoms with E-state index in [0.29, 0.717) is 0 Å². The number of hydrogen-bond acceptors (Lipinski definition) is 1. The van der Waals surface area contributed by atoms with Crippen LogP contribution < -0.4 is 5.73 Å². The van der Waals surface area contributed by atoms with Gasteiger partial charge in [0.05, 0.1) is 5.92 Å². The van der Waals surface area contributed by atoms with Crippen LogP contribution in [0.4, 0.5) is 0 Å². The zero-order valence-corrected chi connectivity index (χ0v) is 6.45. The van der Waals surface area contributed by atoms with E-state index in [-0.39, 0.29) is 11.8 Å². The summed E-state index contributed by atoms with van der Waals surface area (Å²) in [6.45, 7) is 1.80. The van der Waals surface area contributed by atoms with Gasteiger partial charge in [0.1, 0.15) is 0 Å². The van der Waals surface area contributed by atoms with Gasteiger partial charge in [-0.15, -0.1) is 0 Å². The number of rotatable bonds is 2. The maximum atomic E-state index is 10.7. The predicted octanol–water partition coefficient (Wildman–Crippen LogP) is 1.28. The Morgan fingerprint density at radius 1 is 1.36 bits per heavy atom. The Balaban J connectivity index is 2.85. The summed E-state index contributed by atoms with van der Waals surface area (Å²) in [6, 6.07) is 9.51. The zero-order chi connectivity index (χ0) is 8.27. The van der Waals surface area contributed by atoms with Crippen LogP contribution in [0.15, 0.2) is 30.3 Å². The minimum atomic E-state index is -0.281. The molecule has 0 radical (unpaired) electrons. The number of hydrogen-bond donors (Lipinski definition) is 1. The van der Waals surface area contributed by atoms with E-state index in [4.69, 9.17) is 5.73 Å². The lowest BCUT2D eigenvalue weighted by Gasteiger charge is -2.05. The second-order valence-electron chi connectivity index (χ2n) is 2.53. The largest absolute Gasteiger partial charge is 0.369 e. The van der Waals surface area contributed by atoms with E-state index in [0.717, 1.165) is 5.56 Å². The zero-order valence-electron chi connectivity index (χ0n) is 6.45. The Hall–Kier alpha value is -1.31. The Morgan fingerprint density at radius 3 is 2.36 bits per heavy atom. The quantitative estimate of drug-likeness (QED) is 0.634. The van der Waals surface area contributed by atoms with Gasteiger partial charge in [-0.2, -0.15) is 0 Å². The highest BCUT2D eigenvalue weighted by Gasteiger charge is 2.09. The maximum absolute atomic E-state index is 10.7. The molecule has 0 bridgehead atoms. The highest BCUT2D eigenvalue weighted by molar-refractivity contribution is 5.81. The topological polar surface area (TPSA) is 43.1 Å². The minimum Gasteiger partial charge on any atom is -0.369 e. The van der Waals surface area contributed by atoms with Crippen molar-refractivity contribution in [3.05, 3.63) is 35.9 Å². The van der Waals surface area contributed by atoms with Crippen molar-refractivity contribution in [3.8, 4) is 0 Å². The van der Waals surface area contributed by atoms with Crippen molar-refractivity contribution in [2.75, 3.05) is 0 Å². The molecular formula is C9H11NO. The van der Waals surface area contributed by atoms with Crippen LogP contribution >= 0.6 is 0 Å². The maximum Gasteiger partial charge on any atom is 0.224 e. The number of carbonyl (C=O) groups excluding carboxylic acids is 1. The SMILES string of the molecule is C[C@H](C([15NH2])=O)c1ccccc1. The summed E-state index contributed by atoms with van der Waals surface area (Å²) in [7, 11) is 0. The Kier molecular flexibility index (Phi) is 2.26. The summed E-state index contributed by atoms with van der Waals surface area (Å²) >= 11 is 0. The first-order valence-electron chi connectivity index (χ1n) is 3.56. The summed E-state index contributed by atoms with van der Waals surface area (Å²) < 4.78 is 0. The number of carbonyl (C=O) groups is 1. The lowest BCUT2D eigenvalue weighted by atomic mass is 10.0. The second-order valence-corrected chi connectivity index (χ2v) is 2.53. The Morgan fingerprint density at radius 2 is 1.91 bits per heavy atom. The number of nitrogens with two attached hydrogens (primary N) is 1. The molecule has 1 aromatic carbocycles. The van der Waals surface area contributed by atoms with Gasteiger partial charge in [0.2, 0.25) is 5.91 Å². The first-order chi connectivity index (χ1) is 5.22. The van der Waals surface area contributed by atoms with E-state index in [1.165, 1.54) is 0 Å². The van der Waals surface area contributed by atoms with Gasteiger partial charge in [-0.25, -0.2) is 0 Å². The molecule has 0 unspecified atom stereocenters. The molecule has 0 aliphatic rings. The molecule has 0 spiro atoms. The average Bonchev–Trinajstić information content (AvgIpc) is 2.05. The summed E-state index contributed by atoms with van der Waals surface area (Å²) in [5.41, 5.74) is 6.10. The van der Waals surface area contributed by atoms with Crippen molar-refractivity contribution in [2.45, 2.75) is 12.8 Å². The molecule has 1 amide bonds. The first kappa shape index (κ1) is 7.79. The van der Waals surface area contributed by atoms with Crippen LogP contribution in [0.3, 0.4) is 0 Å². The minimum absolute atomic E-state index is 0.184. The number of primary amides is 1. The highest BCUT2D eigenvalue weighted by atomic mass is 16.2. The number of amides is 1. The molecule has 1 rings (SSSR count). The van der Waals surface area contributed by atoms with E-state index in [2.05, 4.69) is 0 Å². The van der Waals surface area contributed by atoms with E-state index in [1.54, 1.807) is 6.92 Å². The Bertz CT molecular complexity index is 243. The van der Waals surface area contributed by atoms with Crippen LogP contribution in [0, 0.1) is 0 Å². The molecule has 2 heteroatoms. The standard InChI is InChI=1S/C9H11NO/c1-7(9(10)11)8-5-3-2-4-6-8/h2-7H,1H3,(H2,10,11)/t7-/m0/s1/i10+1. The second kappa shape index (κ2) is 3.19. The molecule has 11 heavy (non-hydrogen) atoms. The summed E-state index contributed by atoms with van der Waals surface area (Å²) in [4.78, 5) is 10.7. The van der Waals surface area contributed by atoms with Crippen molar-refractivity contribution in [2.24, 2.45) is 5.73 Å². The van der Waals surface area contributed by atoms with Crippen LogP contribution in [0.1, 0.15) is 18.4 Å². The molecule has 0 aromatic heterocycles. The highest BCUT2D eigenvalue weighted by Crippen LogP contribution is 2.12. The molecule has 0 fully saturated rings. The van der Waals surface area contributed by atoms with Crippen molar-refractivity contribution in [1.82, 2.24) is 0 Å². The molecule has 0 saturated carbocycles. The smallest absolute Gasteiger partial charge is 0.224 e. The molecule has 2 N–H and O–H groups in total. The molecule has 0 saturated heterocycles. The fraction of sp³-hybridized carbons (Fsp3) is 0.222. The molecule has 0 aliphatic heterocycles. The van der Waals surface area contributed by atoms with E-state index in [1.807, 2.05) is 30.3 Å². The lowest BCUT2D eigenvalue weighted by molar-refractivity contribution is -0.119. The Labute approximate surface area is 66.0 Å². The van der Waals surface area contributed by atoms with E-state index < -0.39 is 0 Å². The summed E-state index contributed by atoms with van der Waals surface area (Å²) in [5, 5.41) is 0. The normalized spacial score (nSPS) is 12.5. The van der Waals surface area contributed by atoms with Crippen LogP contribution in [0.5, 0.6) is 0 Å². The van der Waals surface area contributed by atoms with Crippen molar-refractivity contribution >= 4 is 5.91 Å². The fourth-order valence-electron chi connectivity index (χ4n) is 0.906. The third kappa shape index (κ3) is 1.80. The van der Waals surface area contributed by atoms with Gasteiger partial charge in [0, 0.05) is 0 Å². The molecular weight excluding hydrogens is 139 g/mol. The third-order valence-corrected chi connectivity index (χ3v) is 1.73. The fourth-order valence-corrected chi connectivity index (χ4v) is 0.906. The van der Waals surface area contributed by atoms with Gasteiger partial charge in [0.25, 0.3) is 0 Å². The van der Waals surface area contributed by atoms with E-state index in [9.17, 15) is 4.79 Å². The van der Waals surface area contributed by atoms with Crippen LogP contribution in [0.25, 0.3) is 0 Å². The van der Waals surface area contributed by atoms with Gasteiger partial charge in [-0.1, -0.05) is 30.3 Å². The molecule has 58 valence electrons. The third-order valence-electron chi connectivity index (χ3n) is 1.73. The average molecular weight is 150 g/mol. The van der Waals surface area contributed by atoms with Crippen molar-refractivity contribution in [3.63, 3.8) is 0 Å². The molecule has 0 aliphatic carbocycles. The van der Waals surface area contributed by atoms with Gasteiger partial charge in [0.15, 0.2) is 0 Å². The number of benzene rings is 1.